The van der Waals surface area contributed by atoms with Crippen LogP contribution in [-0.2, 0) is 22.5 Å². The van der Waals surface area contributed by atoms with E-state index in [4.69, 9.17) is 5.73 Å². The molecular weight excluding hydrogens is 237 g/mol. The number of esters is 1. The van der Waals surface area contributed by atoms with Gasteiger partial charge >= 0.3 is 5.97 Å². The van der Waals surface area contributed by atoms with Crippen molar-refractivity contribution in [3.8, 4) is 0 Å². The van der Waals surface area contributed by atoms with Crippen LogP contribution in [0.4, 0.5) is 13.2 Å². The number of aromatic nitrogens is 1. The van der Waals surface area contributed by atoms with Crippen LogP contribution < -0.4 is 5.73 Å². The van der Waals surface area contributed by atoms with Crippen molar-refractivity contribution < 1.29 is 22.7 Å². The minimum Gasteiger partial charge on any atom is -0.469 e. The van der Waals surface area contributed by atoms with Crippen molar-refractivity contribution in [2.24, 2.45) is 5.73 Å². The second kappa shape index (κ2) is 5.62. The van der Waals surface area contributed by atoms with E-state index in [1.807, 2.05) is 0 Å². The van der Waals surface area contributed by atoms with Crippen LogP contribution in [0.1, 0.15) is 23.2 Å². The SMILES string of the molecule is COC(=O)Cc1cc(CN)c(F)nc1C(F)F. The van der Waals surface area contributed by atoms with Crippen molar-refractivity contribution in [1.29, 1.82) is 0 Å². The third kappa shape index (κ3) is 3.16. The van der Waals surface area contributed by atoms with Gasteiger partial charge in [0.2, 0.25) is 5.95 Å². The topological polar surface area (TPSA) is 65.2 Å². The second-order valence-electron chi connectivity index (χ2n) is 3.24. The van der Waals surface area contributed by atoms with Gasteiger partial charge in [-0.15, -0.1) is 0 Å². The molecule has 0 aliphatic heterocycles. The standard InChI is InChI=1S/C10H11F3N2O2/c1-17-7(16)3-5-2-6(4-14)10(13)15-8(5)9(11)12/h2,9H,3-4,14H2,1H3. The minimum atomic E-state index is -2.96. The maximum absolute atomic E-state index is 13.2. The third-order valence-corrected chi connectivity index (χ3v) is 2.15. The summed E-state index contributed by atoms with van der Waals surface area (Å²) in [6.07, 6.45) is -3.35. The van der Waals surface area contributed by atoms with Gasteiger partial charge in [-0.25, -0.2) is 13.8 Å². The van der Waals surface area contributed by atoms with E-state index in [0.717, 1.165) is 13.2 Å². The number of carbonyl (C=O) groups excluding carboxylic acids is 1. The molecule has 0 aliphatic rings. The van der Waals surface area contributed by atoms with Crippen LogP contribution in [0.2, 0.25) is 0 Å². The molecule has 17 heavy (non-hydrogen) atoms. The molecule has 0 saturated carbocycles. The number of carbonyl (C=O) groups is 1. The van der Waals surface area contributed by atoms with Crippen LogP contribution in [0.5, 0.6) is 0 Å². The average molecular weight is 248 g/mol. The van der Waals surface area contributed by atoms with Crippen molar-refractivity contribution in [1.82, 2.24) is 4.98 Å². The predicted octanol–water partition coefficient (Wildman–Crippen LogP) is 1.33. The number of ether oxygens (including phenoxy) is 1. The summed E-state index contributed by atoms with van der Waals surface area (Å²) in [5.41, 5.74) is 4.37. The predicted molar refractivity (Wildman–Crippen MR) is 52.8 cm³/mol. The third-order valence-electron chi connectivity index (χ3n) is 2.15. The van der Waals surface area contributed by atoms with Gasteiger partial charge in [-0.2, -0.15) is 4.39 Å². The normalized spacial score (nSPS) is 10.7. The van der Waals surface area contributed by atoms with Gasteiger partial charge in [-0.1, -0.05) is 0 Å². The van der Waals surface area contributed by atoms with Gasteiger partial charge in [0.15, 0.2) is 0 Å². The van der Waals surface area contributed by atoms with Crippen LogP contribution in [0.3, 0.4) is 0 Å². The smallest absolute Gasteiger partial charge is 0.310 e. The van der Waals surface area contributed by atoms with Gasteiger partial charge in [0.25, 0.3) is 6.43 Å². The van der Waals surface area contributed by atoms with Crippen molar-refractivity contribution in [2.75, 3.05) is 7.11 Å². The molecule has 0 saturated heterocycles. The fourth-order valence-corrected chi connectivity index (χ4v) is 1.29. The van der Waals surface area contributed by atoms with E-state index in [9.17, 15) is 18.0 Å². The van der Waals surface area contributed by atoms with E-state index < -0.39 is 30.5 Å². The zero-order valence-corrected chi connectivity index (χ0v) is 9.04. The Morgan fingerprint density at radius 1 is 1.53 bits per heavy atom. The summed E-state index contributed by atoms with van der Waals surface area (Å²) in [4.78, 5) is 14.1. The molecule has 0 fully saturated rings. The van der Waals surface area contributed by atoms with Crippen LogP contribution >= 0.6 is 0 Å². The Labute approximate surface area is 95.6 Å². The Morgan fingerprint density at radius 3 is 2.65 bits per heavy atom. The van der Waals surface area contributed by atoms with Crippen molar-refractivity contribution in [3.63, 3.8) is 0 Å². The number of hydrogen-bond donors (Lipinski definition) is 1. The Morgan fingerprint density at radius 2 is 2.18 bits per heavy atom. The van der Waals surface area contributed by atoms with Gasteiger partial charge in [-0.3, -0.25) is 4.79 Å². The molecule has 1 heterocycles. The summed E-state index contributed by atoms with van der Waals surface area (Å²) in [6.45, 7) is -0.184. The molecule has 94 valence electrons. The van der Waals surface area contributed by atoms with Crippen molar-refractivity contribution in [3.05, 3.63) is 28.8 Å². The molecule has 7 heteroatoms. The maximum Gasteiger partial charge on any atom is 0.310 e. The van der Waals surface area contributed by atoms with E-state index in [2.05, 4.69) is 9.72 Å². The molecule has 0 radical (unpaired) electrons. The van der Waals surface area contributed by atoms with Crippen LogP contribution in [0.15, 0.2) is 6.07 Å². The zero-order valence-electron chi connectivity index (χ0n) is 9.04. The van der Waals surface area contributed by atoms with Gasteiger partial charge in [-0.05, 0) is 11.6 Å². The summed E-state index contributed by atoms with van der Waals surface area (Å²) in [5.74, 6) is -1.75. The van der Waals surface area contributed by atoms with Crippen LogP contribution in [-0.4, -0.2) is 18.1 Å². The monoisotopic (exact) mass is 248 g/mol. The maximum atomic E-state index is 13.2. The highest BCUT2D eigenvalue weighted by Gasteiger charge is 2.20. The van der Waals surface area contributed by atoms with E-state index in [0.29, 0.717) is 0 Å². The number of hydrogen-bond acceptors (Lipinski definition) is 4. The number of pyridine rings is 1. The average Bonchev–Trinajstić information content (AvgIpc) is 2.30. The highest BCUT2D eigenvalue weighted by molar-refractivity contribution is 5.72. The molecule has 0 aliphatic carbocycles. The minimum absolute atomic E-state index is 0.0201. The molecule has 1 rings (SSSR count). The molecule has 4 nitrogen and oxygen atoms in total. The lowest BCUT2D eigenvalue weighted by Crippen LogP contribution is -2.12. The first-order valence-corrected chi connectivity index (χ1v) is 4.72. The molecule has 0 atom stereocenters. The van der Waals surface area contributed by atoms with Crippen molar-refractivity contribution >= 4 is 5.97 Å². The molecule has 0 aromatic carbocycles. The van der Waals surface area contributed by atoms with E-state index >= 15 is 0 Å². The van der Waals surface area contributed by atoms with E-state index in [-0.39, 0.29) is 17.7 Å². The number of alkyl halides is 2. The molecule has 0 unspecified atom stereocenters. The number of nitrogens with zero attached hydrogens (tertiary/aromatic N) is 1. The number of rotatable bonds is 4. The second-order valence-corrected chi connectivity index (χ2v) is 3.24. The van der Waals surface area contributed by atoms with Gasteiger partial charge in [0, 0.05) is 12.1 Å². The van der Waals surface area contributed by atoms with E-state index in [1.165, 1.54) is 0 Å². The summed E-state index contributed by atoms with van der Waals surface area (Å²) in [5, 5.41) is 0. The molecule has 2 N–H and O–H groups in total. The Balaban J connectivity index is 3.19. The molecule has 0 bridgehead atoms. The van der Waals surface area contributed by atoms with Crippen LogP contribution in [0, 0.1) is 5.95 Å². The van der Waals surface area contributed by atoms with Gasteiger partial charge in [0.1, 0.15) is 5.69 Å². The highest BCUT2D eigenvalue weighted by Crippen LogP contribution is 2.23. The Hall–Kier alpha value is -1.63. The number of halogens is 3. The fourth-order valence-electron chi connectivity index (χ4n) is 1.29. The first kappa shape index (κ1) is 13.4. The molecule has 1 aromatic rings. The van der Waals surface area contributed by atoms with Crippen molar-refractivity contribution in [2.45, 2.75) is 19.4 Å². The summed E-state index contributed by atoms with van der Waals surface area (Å²) < 4.78 is 42.7. The molecular formula is C10H11F3N2O2. The summed E-state index contributed by atoms with van der Waals surface area (Å²) in [7, 11) is 1.13. The molecule has 0 amide bonds. The first-order chi connectivity index (χ1) is 7.99. The lowest BCUT2D eigenvalue weighted by atomic mass is 10.1. The largest absolute Gasteiger partial charge is 0.469 e. The number of nitrogens with two attached hydrogens (primary N) is 1. The summed E-state index contributed by atoms with van der Waals surface area (Å²) >= 11 is 0. The number of methoxy groups -OCH3 is 1. The highest BCUT2D eigenvalue weighted by atomic mass is 19.3. The van der Waals surface area contributed by atoms with Crippen LogP contribution in [0.25, 0.3) is 0 Å². The molecule has 0 spiro atoms. The Bertz CT molecular complexity index is 424. The van der Waals surface area contributed by atoms with E-state index in [1.54, 1.807) is 0 Å². The van der Waals surface area contributed by atoms with Gasteiger partial charge in [0.05, 0.1) is 13.5 Å². The quantitative estimate of drug-likeness (QED) is 0.645. The Kier molecular flexibility index (Phi) is 4.45. The first-order valence-electron chi connectivity index (χ1n) is 4.72. The lowest BCUT2D eigenvalue weighted by molar-refractivity contribution is -0.139. The lowest BCUT2D eigenvalue weighted by Gasteiger charge is -2.09. The zero-order chi connectivity index (χ0) is 13.0. The summed E-state index contributed by atoms with van der Waals surface area (Å²) in [6, 6.07) is 1.11. The fraction of sp³-hybridized carbons (Fsp3) is 0.400. The molecule has 1 aromatic heterocycles. The van der Waals surface area contributed by atoms with Gasteiger partial charge < -0.3 is 10.5 Å².